The van der Waals surface area contributed by atoms with Crippen LogP contribution in [0.5, 0.6) is 0 Å². The van der Waals surface area contributed by atoms with E-state index in [0.29, 0.717) is 4.68 Å². The van der Waals surface area contributed by atoms with Gasteiger partial charge in [-0.15, -0.1) is 0 Å². The summed E-state index contributed by atoms with van der Waals surface area (Å²) in [5.74, 6) is -1.30. The van der Waals surface area contributed by atoms with Gasteiger partial charge < -0.3 is 5.11 Å². The number of carboxylic acids is 1. The molecule has 1 aromatic heterocycles. The van der Waals surface area contributed by atoms with E-state index in [1.165, 1.54) is 0 Å². The van der Waals surface area contributed by atoms with Gasteiger partial charge in [0.1, 0.15) is 5.69 Å². The zero-order valence-electron chi connectivity index (χ0n) is 7.40. The Hall–Kier alpha value is -1.32. The monoisotopic (exact) mass is 129 g/mol. The van der Waals surface area contributed by atoms with E-state index in [1.807, 2.05) is 0 Å². The summed E-state index contributed by atoms with van der Waals surface area (Å²) < 4.78 is 21.2. The number of carboxylic acid groups (broad SMARTS) is 1. The lowest BCUT2D eigenvalue weighted by atomic mass is 10.4. The standard InChI is InChI=1S/C5H6N2O2/c1-7-4(5(8)9)2-3-6-7/h2-3H,1H3,(H,8,9)/i1D3. The maximum atomic E-state index is 10.4. The van der Waals surface area contributed by atoms with Gasteiger partial charge in [-0.3, -0.25) is 4.68 Å². The van der Waals surface area contributed by atoms with Crippen LogP contribution in [0.2, 0.25) is 0 Å². The summed E-state index contributed by atoms with van der Waals surface area (Å²) in [7, 11) is 0. The molecule has 1 aromatic rings. The molecule has 0 aliphatic rings. The first-order valence-electron chi connectivity index (χ1n) is 3.71. The summed E-state index contributed by atoms with van der Waals surface area (Å²) in [5, 5.41) is 11.9. The average molecular weight is 129 g/mol. The highest BCUT2D eigenvalue weighted by molar-refractivity contribution is 5.85. The molecule has 9 heavy (non-hydrogen) atoms. The molecule has 0 saturated heterocycles. The molecule has 0 aromatic carbocycles. The molecule has 0 aliphatic heterocycles. The minimum Gasteiger partial charge on any atom is -0.477 e. The first-order valence-corrected chi connectivity index (χ1v) is 2.21. The Morgan fingerprint density at radius 1 is 2.11 bits per heavy atom. The van der Waals surface area contributed by atoms with Crippen molar-refractivity contribution in [2.45, 2.75) is 0 Å². The van der Waals surface area contributed by atoms with Crippen molar-refractivity contribution in [2.24, 2.45) is 6.98 Å². The first kappa shape index (κ1) is 3.00. The number of rotatable bonds is 1. The lowest BCUT2D eigenvalue weighted by Crippen LogP contribution is -2.04. The van der Waals surface area contributed by atoms with Gasteiger partial charge in [0.2, 0.25) is 0 Å². The Balaban J connectivity index is 3.17. The fourth-order valence-corrected chi connectivity index (χ4v) is 0.465. The van der Waals surface area contributed by atoms with Gasteiger partial charge in [0.25, 0.3) is 0 Å². The zero-order valence-corrected chi connectivity index (χ0v) is 4.40. The third-order valence-electron chi connectivity index (χ3n) is 0.862. The van der Waals surface area contributed by atoms with Crippen LogP contribution in [0, 0.1) is 0 Å². The van der Waals surface area contributed by atoms with Crippen LogP contribution in [-0.4, -0.2) is 20.9 Å². The van der Waals surface area contributed by atoms with Gasteiger partial charge in [-0.25, -0.2) is 4.79 Å². The summed E-state index contributed by atoms with van der Waals surface area (Å²) >= 11 is 0. The zero-order chi connectivity index (χ0) is 9.35. The Labute approximate surface area is 55.9 Å². The van der Waals surface area contributed by atoms with E-state index >= 15 is 0 Å². The average Bonchev–Trinajstić information content (AvgIpc) is 2.30. The van der Waals surface area contributed by atoms with Crippen molar-refractivity contribution < 1.29 is 14.0 Å². The lowest BCUT2D eigenvalue weighted by molar-refractivity contribution is 0.0685. The molecule has 1 heterocycles. The fourth-order valence-electron chi connectivity index (χ4n) is 0.465. The van der Waals surface area contributed by atoms with E-state index in [4.69, 9.17) is 9.22 Å². The van der Waals surface area contributed by atoms with Crippen molar-refractivity contribution in [2.75, 3.05) is 0 Å². The van der Waals surface area contributed by atoms with Gasteiger partial charge in [-0.05, 0) is 6.07 Å². The SMILES string of the molecule is [2H]C([2H])([2H])n1nccc1C(=O)O. The van der Waals surface area contributed by atoms with Gasteiger partial charge >= 0.3 is 5.97 Å². The summed E-state index contributed by atoms with van der Waals surface area (Å²) in [6.45, 7) is -2.53. The minimum absolute atomic E-state index is 0.338. The van der Waals surface area contributed by atoms with E-state index in [9.17, 15) is 4.79 Å². The predicted octanol–water partition coefficient (Wildman–Crippen LogP) is 0.118. The molecule has 1 N–H and O–H groups in total. The second-order valence-corrected chi connectivity index (χ2v) is 1.43. The Morgan fingerprint density at radius 2 is 2.89 bits per heavy atom. The number of aromatic carboxylic acids is 1. The maximum absolute atomic E-state index is 10.4. The summed E-state index contributed by atoms with van der Waals surface area (Å²) in [4.78, 5) is 10.4. The molecule has 0 spiro atoms. The van der Waals surface area contributed by atoms with E-state index in [2.05, 4.69) is 5.10 Å². The van der Waals surface area contributed by atoms with Crippen molar-refractivity contribution in [3.63, 3.8) is 0 Å². The van der Waals surface area contributed by atoms with Crippen LogP contribution in [0.15, 0.2) is 12.3 Å². The topological polar surface area (TPSA) is 55.1 Å². The smallest absolute Gasteiger partial charge is 0.354 e. The Morgan fingerprint density at radius 3 is 3.33 bits per heavy atom. The van der Waals surface area contributed by atoms with E-state index in [0.717, 1.165) is 12.3 Å². The number of hydrogen-bond acceptors (Lipinski definition) is 2. The normalized spacial score (nSPS) is 15.8. The van der Waals surface area contributed by atoms with Crippen molar-refractivity contribution in [3.05, 3.63) is 18.0 Å². The summed E-state index contributed by atoms with van der Waals surface area (Å²) in [6, 6.07) is 1.13. The largest absolute Gasteiger partial charge is 0.477 e. The molecule has 0 aliphatic carbocycles. The highest BCUT2D eigenvalue weighted by Crippen LogP contribution is 1.93. The molecule has 0 fully saturated rings. The van der Waals surface area contributed by atoms with Gasteiger partial charge in [0.15, 0.2) is 0 Å². The molecule has 0 atom stereocenters. The molecule has 0 radical (unpaired) electrons. The lowest BCUT2D eigenvalue weighted by Gasteiger charge is -1.90. The van der Waals surface area contributed by atoms with Crippen LogP contribution >= 0.6 is 0 Å². The molecule has 4 nitrogen and oxygen atoms in total. The second-order valence-electron chi connectivity index (χ2n) is 1.43. The predicted molar refractivity (Wildman–Crippen MR) is 30.2 cm³/mol. The molecular formula is C5H6N2O2. The van der Waals surface area contributed by atoms with Crippen LogP contribution in [0.4, 0.5) is 0 Å². The van der Waals surface area contributed by atoms with Crippen LogP contribution < -0.4 is 0 Å². The maximum Gasteiger partial charge on any atom is 0.354 e. The van der Waals surface area contributed by atoms with Crippen molar-refractivity contribution >= 4 is 5.97 Å². The second kappa shape index (κ2) is 1.89. The van der Waals surface area contributed by atoms with E-state index in [1.54, 1.807) is 0 Å². The molecule has 48 valence electrons. The van der Waals surface area contributed by atoms with Crippen molar-refractivity contribution in [1.29, 1.82) is 0 Å². The van der Waals surface area contributed by atoms with Gasteiger partial charge in [-0.1, -0.05) is 0 Å². The third kappa shape index (κ3) is 0.910. The number of carbonyl (C=O) groups is 1. The van der Waals surface area contributed by atoms with Crippen LogP contribution in [0.3, 0.4) is 0 Å². The number of nitrogens with zero attached hydrogens (tertiary/aromatic N) is 2. The molecule has 4 heteroatoms. The highest BCUT2D eigenvalue weighted by Gasteiger charge is 2.04. The van der Waals surface area contributed by atoms with Gasteiger partial charge in [0, 0.05) is 17.3 Å². The molecule has 0 unspecified atom stereocenters. The quantitative estimate of drug-likeness (QED) is 0.585. The molecular weight excluding hydrogens is 120 g/mol. The number of aromatic nitrogens is 2. The van der Waals surface area contributed by atoms with Crippen LogP contribution in [-0.2, 0) is 6.98 Å². The summed E-state index contributed by atoms with van der Waals surface area (Å²) in [5.41, 5.74) is -0.338. The molecule has 0 bridgehead atoms. The Kier molecular flexibility index (Phi) is 0.631. The third-order valence-corrected chi connectivity index (χ3v) is 0.862. The Bertz CT molecular complexity index is 304. The molecule has 1 rings (SSSR count). The minimum atomic E-state index is -2.53. The van der Waals surface area contributed by atoms with Crippen molar-refractivity contribution in [1.82, 2.24) is 9.78 Å². The summed E-state index contributed by atoms with van der Waals surface area (Å²) in [6.07, 6.45) is 1.13. The van der Waals surface area contributed by atoms with Gasteiger partial charge in [0.05, 0.1) is 0 Å². The van der Waals surface area contributed by atoms with Crippen LogP contribution in [0.1, 0.15) is 14.6 Å². The first-order chi connectivity index (χ1) is 5.43. The van der Waals surface area contributed by atoms with E-state index in [-0.39, 0.29) is 5.69 Å². The number of aryl methyl sites for hydroxylation is 1. The molecule has 0 amide bonds. The van der Waals surface area contributed by atoms with Gasteiger partial charge in [-0.2, -0.15) is 5.10 Å². The van der Waals surface area contributed by atoms with Crippen LogP contribution in [0.25, 0.3) is 0 Å². The van der Waals surface area contributed by atoms with E-state index < -0.39 is 12.9 Å². The number of hydrogen-bond donors (Lipinski definition) is 1. The van der Waals surface area contributed by atoms with Crippen molar-refractivity contribution in [3.8, 4) is 0 Å². The fraction of sp³-hybridized carbons (Fsp3) is 0.200. The highest BCUT2D eigenvalue weighted by atomic mass is 16.4. The molecule has 0 saturated carbocycles.